The van der Waals surface area contributed by atoms with Crippen molar-refractivity contribution in [3.8, 4) is 0 Å². The minimum atomic E-state index is -0.885. The highest BCUT2D eigenvalue weighted by atomic mass is 16.4. The van der Waals surface area contributed by atoms with Crippen LogP contribution in [0.15, 0.2) is 49.1 Å². The first kappa shape index (κ1) is 13.8. The van der Waals surface area contributed by atoms with Gasteiger partial charge in [-0.05, 0) is 5.56 Å². The van der Waals surface area contributed by atoms with Gasteiger partial charge >= 0.3 is 11.9 Å². The highest BCUT2D eigenvalue weighted by molar-refractivity contribution is 5.69. The van der Waals surface area contributed by atoms with Crippen molar-refractivity contribution in [2.75, 3.05) is 6.54 Å². The summed E-state index contributed by atoms with van der Waals surface area (Å²) in [7, 11) is 0. The number of nitrogens with zero attached hydrogens (tertiary/aromatic N) is 2. The fourth-order valence-electron chi connectivity index (χ4n) is 1.96. The summed E-state index contributed by atoms with van der Waals surface area (Å²) in [5.41, 5.74) is 1.02. The second-order valence-corrected chi connectivity index (χ2v) is 4.47. The summed E-state index contributed by atoms with van der Waals surface area (Å²) in [4.78, 5) is 22.8. The van der Waals surface area contributed by atoms with Crippen molar-refractivity contribution < 1.29 is 24.4 Å². The minimum Gasteiger partial charge on any atom is -0.480 e. The van der Waals surface area contributed by atoms with Gasteiger partial charge in [-0.1, -0.05) is 12.2 Å². The van der Waals surface area contributed by atoms with Gasteiger partial charge in [-0.2, -0.15) is 4.57 Å². The molecule has 6 heteroatoms. The number of aromatic nitrogens is 1. The van der Waals surface area contributed by atoms with Crippen LogP contribution in [0.1, 0.15) is 11.5 Å². The maximum atomic E-state index is 10.6. The summed E-state index contributed by atoms with van der Waals surface area (Å²) >= 11 is 0. The molecule has 1 aliphatic rings. The lowest BCUT2D eigenvalue weighted by Crippen LogP contribution is -2.37. The van der Waals surface area contributed by atoms with Crippen LogP contribution in [-0.2, 0) is 16.1 Å². The predicted molar refractivity (Wildman–Crippen MR) is 69.6 cm³/mol. The number of allylic oxidation sites excluding steroid dienone is 2. The molecule has 0 fully saturated rings. The Balaban J connectivity index is 2.01. The molecule has 20 heavy (non-hydrogen) atoms. The van der Waals surface area contributed by atoms with Crippen molar-refractivity contribution in [1.29, 1.82) is 0 Å². The van der Waals surface area contributed by atoms with Crippen LogP contribution in [0.4, 0.5) is 0 Å². The lowest BCUT2D eigenvalue weighted by molar-refractivity contribution is -0.685. The number of pyridine rings is 1. The minimum absolute atomic E-state index is 0.0624. The van der Waals surface area contributed by atoms with Crippen LogP contribution in [0.25, 0.3) is 0 Å². The van der Waals surface area contributed by atoms with Crippen molar-refractivity contribution >= 4 is 11.9 Å². The van der Waals surface area contributed by atoms with Crippen molar-refractivity contribution in [3.63, 3.8) is 0 Å². The summed E-state index contributed by atoms with van der Waals surface area (Å²) in [6.07, 6.45) is 10.7. The fourth-order valence-corrected chi connectivity index (χ4v) is 1.96. The van der Waals surface area contributed by atoms with Gasteiger partial charge in [-0.3, -0.25) is 4.79 Å². The van der Waals surface area contributed by atoms with E-state index < -0.39 is 11.9 Å². The molecule has 2 heterocycles. The second-order valence-electron chi connectivity index (χ2n) is 4.47. The molecule has 0 atom stereocenters. The van der Waals surface area contributed by atoms with Crippen LogP contribution < -0.4 is 4.57 Å². The summed E-state index contributed by atoms with van der Waals surface area (Å²) in [5.74, 6) is -1.70. The maximum Gasteiger partial charge on any atom is 0.370 e. The Labute approximate surface area is 115 Å². The van der Waals surface area contributed by atoms with Gasteiger partial charge in [0, 0.05) is 30.5 Å². The lowest BCUT2D eigenvalue weighted by Gasteiger charge is -2.19. The van der Waals surface area contributed by atoms with Gasteiger partial charge in [0.05, 0.1) is 0 Å². The highest BCUT2D eigenvalue weighted by Gasteiger charge is 2.13. The molecule has 0 aromatic carbocycles. The number of hydrogen-bond donors (Lipinski definition) is 2. The molecule has 0 amide bonds. The molecule has 0 saturated heterocycles. The predicted octanol–water partition coefficient (Wildman–Crippen LogP) is 0.570. The number of carbonyl (C=O) groups is 2. The van der Waals surface area contributed by atoms with Gasteiger partial charge in [0.15, 0.2) is 12.4 Å². The first-order valence-electron chi connectivity index (χ1n) is 6.09. The van der Waals surface area contributed by atoms with Gasteiger partial charge in [-0.15, -0.1) is 0 Å². The van der Waals surface area contributed by atoms with Crippen molar-refractivity contribution in [2.24, 2.45) is 0 Å². The zero-order valence-corrected chi connectivity index (χ0v) is 10.7. The van der Waals surface area contributed by atoms with Gasteiger partial charge < -0.3 is 15.1 Å². The van der Waals surface area contributed by atoms with E-state index in [1.165, 1.54) is 0 Å². The van der Waals surface area contributed by atoms with E-state index in [1.807, 2.05) is 24.3 Å². The molecule has 0 unspecified atom stereocenters. The Kier molecular flexibility index (Phi) is 4.14. The summed E-state index contributed by atoms with van der Waals surface area (Å²) in [6.45, 7) is -0.129. The fraction of sp³-hybridized carbons (Fsp3) is 0.214. The number of carboxylic acid groups (broad SMARTS) is 2. The number of rotatable bonds is 5. The third kappa shape index (κ3) is 3.68. The zero-order valence-electron chi connectivity index (χ0n) is 10.7. The molecule has 0 bridgehead atoms. The molecule has 2 rings (SSSR count). The van der Waals surface area contributed by atoms with Gasteiger partial charge in [0.25, 0.3) is 0 Å². The van der Waals surface area contributed by atoms with Gasteiger partial charge in [0.1, 0.15) is 6.54 Å². The molecular weight excluding hydrogens is 260 g/mol. The molecule has 6 nitrogen and oxygen atoms in total. The van der Waals surface area contributed by atoms with E-state index >= 15 is 0 Å². The molecule has 2 N–H and O–H groups in total. The first-order valence-corrected chi connectivity index (χ1v) is 6.09. The van der Waals surface area contributed by atoms with E-state index in [2.05, 4.69) is 0 Å². The Morgan fingerprint density at radius 1 is 1.10 bits per heavy atom. The van der Waals surface area contributed by atoms with Gasteiger partial charge in [0.2, 0.25) is 6.54 Å². The standard InChI is InChI=1S/C14H14N2O4/c17-13(18)9-15-5-1-11(2-6-15)12-3-7-16(8-4-12)10-14(19)20/h1-8,11H,9-10H2,(H-,17,18,19,20)/p+1. The summed E-state index contributed by atoms with van der Waals surface area (Å²) < 4.78 is 1.58. The largest absolute Gasteiger partial charge is 0.480 e. The van der Waals surface area contributed by atoms with Crippen molar-refractivity contribution in [2.45, 2.75) is 12.5 Å². The van der Waals surface area contributed by atoms with E-state index in [9.17, 15) is 9.59 Å². The molecule has 104 valence electrons. The quantitative estimate of drug-likeness (QED) is 0.768. The number of aliphatic carboxylic acids is 2. The molecule has 1 aromatic rings. The van der Waals surface area contributed by atoms with E-state index in [1.54, 1.807) is 34.3 Å². The molecule has 1 aliphatic heterocycles. The smallest absolute Gasteiger partial charge is 0.370 e. The molecule has 0 saturated carbocycles. The average Bonchev–Trinajstić information content (AvgIpc) is 2.39. The summed E-state index contributed by atoms with van der Waals surface area (Å²) in [5, 5.41) is 17.4. The second kappa shape index (κ2) is 6.01. The number of hydrogen-bond acceptors (Lipinski definition) is 3. The Morgan fingerprint density at radius 3 is 2.20 bits per heavy atom. The Bertz CT molecular complexity index is 549. The van der Waals surface area contributed by atoms with Crippen LogP contribution >= 0.6 is 0 Å². The first-order chi connectivity index (χ1) is 9.54. The highest BCUT2D eigenvalue weighted by Crippen LogP contribution is 2.21. The van der Waals surface area contributed by atoms with E-state index in [-0.39, 0.29) is 19.0 Å². The third-order valence-corrected chi connectivity index (χ3v) is 2.91. The zero-order chi connectivity index (χ0) is 14.5. The van der Waals surface area contributed by atoms with Crippen molar-refractivity contribution in [3.05, 3.63) is 54.6 Å². The van der Waals surface area contributed by atoms with Crippen LogP contribution in [0.3, 0.4) is 0 Å². The van der Waals surface area contributed by atoms with Crippen LogP contribution in [-0.4, -0.2) is 33.6 Å². The van der Waals surface area contributed by atoms with E-state index in [4.69, 9.17) is 10.2 Å². The lowest BCUT2D eigenvalue weighted by atomic mass is 9.99. The molecule has 0 aliphatic carbocycles. The van der Waals surface area contributed by atoms with E-state index in [0.29, 0.717) is 0 Å². The van der Waals surface area contributed by atoms with Gasteiger partial charge in [-0.25, -0.2) is 4.79 Å². The Morgan fingerprint density at radius 2 is 1.70 bits per heavy atom. The molecular formula is C14H15N2O4+. The normalized spacial score (nSPS) is 14.5. The topological polar surface area (TPSA) is 81.7 Å². The molecule has 1 aromatic heterocycles. The average molecular weight is 275 g/mol. The molecule has 0 spiro atoms. The SMILES string of the molecule is O=C(O)CN1C=CC(c2cc[n+](CC(=O)O)cc2)C=C1. The van der Waals surface area contributed by atoms with Crippen molar-refractivity contribution in [1.82, 2.24) is 4.90 Å². The van der Waals surface area contributed by atoms with Crippen LogP contribution in [0.2, 0.25) is 0 Å². The number of carboxylic acids is 2. The monoisotopic (exact) mass is 275 g/mol. The summed E-state index contributed by atoms with van der Waals surface area (Å²) in [6, 6.07) is 3.71. The van der Waals surface area contributed by atoms with Crippen LogP contribution in [0.5, 0.6) is 0 Å². The van der Waals surface area contributed by atoms with Crippen LogP contribution in [0, 0.1) is 0 Å². The third-order valence-electron chi connectivity index (χ3n) is 2.91. The van der Waals surface area contributed by atoms with E-state index in [0.717, 1.165) is 5.56 Å². The molecule has 0 radical (unpaired) electrons. The maximum absolute atomic E-state index is 10.6. The Hall–Kier alpha value is -2.63.